The SMILES string of the molecule is c1ccc(-c2cc(-c3ccccc3)cc(-n3c4ccccc4c4cc5sc6cc7ccccc7cc6c5cc43)c2)cc1. The van der Waals surface area contributed by atoms with Gasteiger partial charge in [-0.25, -0.2) is 0 Å². The molecule has 0 saturated heterocycles. The summed E-state index contributed by atoms with van der Waals surface area (Å²) in [5.41, 5.74) is 8.50. The Morgan fingerprint density at radius 2 is 0.929 bits per heavy atom. The molecule has 7 aromatic carbocycles. The molecule has 42 heavy (non-hydrogen) atoms. The number of fused-ring (bicyclic) bond motifs is 7. The van der Waals surface area contributed by atoms with Crippen molar-refractivity contribution in [3.05, 3.63) is 152 Å². The first-order valence-electron chi connectivity index (χ1n) is 14.3. The first kappa shape index (κ1) is 23.5. The molecule has 0 radical (unpaired) electrons. The van der Waals surface area contributed by atoms with E-state index in [1.54, 1.807) is 0 Å². The second-order valence-electron chi connectivity index (χ2n) is 11.0. The lowest BCUT2D eigenvalue weighted by Crippen LogP contribution is -1.96. The fourth-order valence-electron chi connectivity index (χ4n) is 6.54. The standard InChI is InChI=1S/C40H25NS/c1-3-11-26(12-4-1)30-19-31(27-13-5-2-6-14-27)21-32(20-30)41-37-18-10-9-17-33(37)34-25-40-36(24-38(34)41)35-22-28-15-7-8-16-29(28)23-39(35)42-40/h1-25H. The molecular formula is C40H25NS. The van der Waals surface area contributed by atoms with Crippen LogP contribution in [0.5, 0.6) is 0 Å². The van der Waals surface area contributed by atoms with Crippen LogP contribution < -0.4 is 0 Å². The predicted molar refractivity (Wildman–Crippen MR) is 182 cm³/mol. The van der Waals surface area contributed by atoms with E-state index in [1.807, 2.05) is 11.3 Å². The average molecular weight is 552 g/mol. The predicted octanol–water partition coefficient (Wildman–Crippen LogP) is 11.6. The van der Waals surface area contributed by atoms with Gasteiger partial charge in [0.2, 0.25) is 0 Å². The zero-order valence-electron chi connectivity index (χ0n) is 22.8. The van der Waals surface area contributed by atoms with Crippen LogP contribution in [0.4, 0.5) is 0 Å². The van der Waals surface area contributed by atoms with Gasteiger partial charge in [-0.3, -0.25) is 0 Å². The summed E-state index contributed by atoms with van der Waals surface area (Å²) in [6.07, 6.45) is 0. The van der Waals surface area contributed by atoms with Crippen molar-refractivity contribution in [2.24, 2.45) is 0 Å². The fourth-order valence-corrected chi connectivity index (χ4v) is 7.69. The van der Waals surface area contributed by atoms with Gasteiger partial charge in [0, 0.05) is 36.6 Å². The summed E-state index contributed by atoms with van der Waals surface area (Å²) in [6.45, 7) is 0. The molecule has 1 nitrogen and oxygen atoms in total. The summed E-state index contributed by atoms with van der Waals surface area (Å²) < 4.78 is 5.14. The normalized spacial score (nSPS) is 11.8. The van der Waals surface area contributed by atoms with Crippen molar-refractivity contribution in [1.29, 1.82) is 0 Å². The number of para-hydroxylation sites is 1. The highest BCUT2D eigenvalue weighted by atomic mass is 32.1. The van der Waals surface area contributed by atoms with E-state index in [0.717, 1.165) is 0 Å². The summed E-state index contributed by atoms with van der Waals surface area (Å²) in [7, 11) is 0. The molecule has 0 spiro atoms. The van der Waals surface area contributed by atoms with E-state index in [0.29, 0.717) is 0 Å². The molecule has 0 N–H and O–H groups in total. The van der Waals surface area contributed by atoms with Gasteiger partial charge in [0.25, 0.3) is 0 Å². The van der Waals surface area contributed by atoms with Crippen LogP contribution in [0.1, 0.15) is 0 Å². The van der Waals surface area contributed by atoms with Crippen LogP contribution in [-0.4, -0.2) is 4.57 Å². The van der Waals surface area contributed by atoms with Crippen molar-refractivity contribution < 1.29 is 0 Å². The number of hydrogen-bond acceptors (Lipinski definition) is 1. The Morgan fingerprint density at radius 1 is 0.357 bits per heavy atom. The molecule has 0 bridgehead atoms. The van der Waals surface area contributed by atoms with E-state index in [4.69, 9.17) is 0 Å². The lowest BCUT2D eigenvalue weighted by atomic mass is 9.98. The van der Waals surface area contributed by atoms with Gasteiger partial charge in [-0.1, -0.05) is 103 Å². The Kier molecular flexibility index (Phi) is 5.13. The molecule has 2 aromatic heterocycles. The molecule has 0 aliphatic carbocycles. The van der Waals surface area contributed by atoms with E-state index in [1.165, 1.54) is 80.7 Å². The Balaban J connectivity index is 1.38. The molecular weight excluding hydrogens is 527 g/mol. The molecule has 2 heterocycles. The molecule has 9 aromatic rings. The zero-order valence-corrected chi connectivity index (χ0v) is 23.6. The quantitative estimate of drug-likeness (QED) is 0.206. The van der Waals surface area contributed by atoms with Crippen LogP contribution in [-0.2, 0) is 0 Å². The molecule has 0 fully saturated rings. The Labute approximate surface area is 247 Å². The van der Waals surface area contributed by atoms with E-state index in [2.05, 4.69) is 156 Å². The highest BCUT2D eigenvalue weighted by molar-refractivity contribution is 7.26. The van der Waals surface area contributed by atoms with Crippen molar-refractivity contribution in [3.8, 4) is 27.9 Å². The Bertz CT molecular complexity index is 2390. The smallest absolute Gasteiger partial charge is 0.0548 e. The number of nitrogens with zero attached hydrogens (tertiary/aromatic N) is 1. The van der Waals surface area contributed by atoms with Gasteiger partial charge in [0.05, 0.1) is 11.0 Å². The van der Waals surface area contributed by atoms with Crippen LogP contribution in [0.25, 0.3) is 80.7 Å². The largest absolute Gasteiger partial charge is 0.309 e. The van der Waals surface area contributed by atoms with Gasteiger partial charge in [0.1, 0.15) is 0 Å². The third kappa shape index (κ3) is 3.62. The molecule has 2 heteroatoms. The molecule has 196 valence electrons. The highest BCUT2D eigenvalue weighted by Crippen LogP contribution is 2.42. The minimum absolute atomic E-state index is 1.17. The van der Waals surface area contributed by atoms with Gasteiger partial charge in [-0.05, 0) is 81.6 Å². The number of thiophene rings is 1. The van der Waals surface area contributed by atoms with Crippen molar-refractivity contribution in [3.63, 3.8) is 0 Å². The van der Waals surface area contributed by atoms with E-state index < -0.39 is 0 Å². The Hall–Kier alpha value is -5.18. The van der Waals surface area contributed by atoms with Crippen LogP contribution in [0, 0.1) is 0 Å². The molecule has 0 aliphatic rings. The third-order valence-corrected chi connectivity index (χ3v) is 9.64. The number of hydrogen-bond donors (Lipinski definition) is 0. The van der Waals surface area contributed by atoms with Gasteiger partial charge >= 0.3 is 0 Å². The molecule has 0 atom stereocenters. The van der Waals surface area contributed by atoms with Crippen molar-refractivity contribution in [1.82, 2.24) is 4.57 Å². The molecule has 9 rings (SSSR count). The number of rotatable bonds is 3. The Morgan fingerprint density at radius 3 is 1.64 bits per heavy atom. The summed E-state index contributed by atoms with van der Waals surface area (Å²) in [4.78, 5) is 0. The summed E-state index contributed by atoms with van der Waals surface area (Å²) in [5.74, 6) is 0. The molecule has 0 saturated carbocycles. The second kappa shape index (κ2) is 9.17. The van der Waals surface area contributed by atoms with Gasteiger partial charge < -0.3 is 4.57 Å². The molecule has 0 unspecified atom stereocenters. The third-order valence-electron chi connectivity index (χ3n) is 8.52. The molecule has 0 aliphatic heterocycles. The maximum absolute atomic E-state index is 2.47. The van der Waals surface area contributed by atoms with Crippen molar-refractivity contribution in [2.45, 2.75) is 0 Å². The lowest BCUT2D eigenvalue weighted by molar-refractivity contribution is 1.18. The monoisotopic (exact) mass is 551 g/mol. The van der Waals surface area contributed by atoms with Crippen molar-refractivity contribution >= 4 is 64.1 Å². The minimum atomic E-state index is 1.17. The van der Waals surface area contributed by atoms with Gasteiger partial charge in [0.15, 0.2) is 0 Å². The topological polar surface area (TPSA) is 4.93 Å². The summed E-state index contributed by atoms with van der Waals surface area (Å²) in [5, 5.41) is 7.80. The van der Waals surface area contributed by atoms with Crippen LogP contribution in [0.15, 0.2) is 152 Å². The highest BCUT2D eigenvalue weighted by Gasteiger charge is 2.17. The van der Waals surface area contributed by atoms with Gasteiger partial charge in [-0.2, -0.15) is 0 Å². The number of aromatic nitrogens is 1. The van der Waals surface area contributed by atoms with Crippen molar-refractivity contribution in [2.75, 3.05) is 0 Å². The first-order chi connectivity index (χ1) is 20.8. The van der Waals surface area contributed by atoms with Gasteiger partial charge in [-0.15, -0.1) is 11.3 Å². The summed E-state index contributed by atoms with van der Waals surface area (Å²) in [6, 6.07) is 55.5. The van der Waals surface area contributed by atoms with Crippen LogP contribution in [0.3, 0.4) is 0 Å². The first-order valence-corrected chi connectivity index (χ1v) is 15.2. The van der Waals surface area contributed by atoms with Crippen LogP contribution in [0.2, 0.25) is 0 Å². The second-order valence-corrected chi connectivity index (χ2v) is 12.1. The minimum Gasteiger partial charge on any atom is -0.309 e. The number of benzene rings is 7. The average Bonchev–Trinajstić information content (AvgIpc) is 3.57. The van der Waals surface area contributed by atoms with E-state index in [9.17, 15) is 0 Å². The maximum Gasteiger partial charge on any atom is 0.0548 e. The summed E-state index contributed by atoms with van der Waals surface area (Å²) >= 11 is 1.90. The molecule has 0 amide bonds. The maximum atomic E-state index is 2.47. The van der Waals surface area contributed by atoms with E-state index >= 15 is 0 Å². The van der Waals surface area contributed by atoms with Crippen LogP contribution >= 0.6 is 11.3 Å². The fraction of sp³-hybridized carbons (Fsp3) is 0. The lowest BCUT2D eigenvalue weighted by Gasteiger charge is -2.14. The zero-order chi connectivity index (χ0) is 27.6. The van der Waals surface area contributed by atoms with E-state index in [-0.39, 0.29) is 0 Å².